The number of rotatable bonds is 2. The van der Waals surface area contributed by atoms with E-state index in [1.54, 1.807) is 0 Å². The Hall–Kier alpha value is 0.110. The summed E-state index contributed by atoms with van der Waals surface area (Å²) in [4.78, 5) is 11.8. The van der Waals surface area contributed by atoms with Gasteiger partial charge in [-0.05, 0) is 18.3 Å². The molecule has 2 nitrogen and oxygen atoms in total. The molecule has 0 radical (unpaired) electrons. The molecule has 2 saturated heterocycles. The summed E-state index contributed by atoms with van der Waals surface area (Å²) in [6.45, 7) is 7.66. The van der Waals surface area contributed by atoms with Crippen LogP contribution in [0.25, 0.3) is 0 Å². The van der Waals surface area contributed by atoms with E-state index in [1.165, 1.54) is 0 Å². The first-order chi connectivity index (χ1) is 6.35. The fourth-order valence-corrected chi connectivity index (χ4v) is 3.52. The van der Waals surface area contributed by atoms with Crippen molar-refractivity contribution in [2.45, 2.75) is 39.2 Å². The summed E-state index contributed by atoms with van der Waals surface area (Å²) in [5.74, 6) is 0.377. The van der Waals surface area contributed by atoms with Crippen molar-refractivity contribution in [1.82, 2.24) is 5.32 Å². The fraction of sp³-hybridized carbons (Fsp3) is 0.909. The van der Waals surface area contributed by atoms with Crippen LogP contribution in [0.5, 0.6) is 0 Å². The van der Waals surface area contributed by atoms with Gasteiger partial charge in [-0.25, -0.2) is 0 Å². The summed E-state index contributed by atoms with van der Waals surface area (Å²) >= 11 is 3.28. The van der Waals surface area contributed by atoms with Crippen LogP contribution in [0.4, 0.5) is 0 Å². The summed E-state index contributed by atoms with van der Waals surface area (Å²) in [6.07, 6.45) is 2.07. The molecular weight excluding hydrogens is 242 g/mol. The molecule has 2 heterocycles. The van der Waals surface area contributed by atoms with Crippen molar-refractivity contribution >= 4 is 21.7 Å². The summed E-state index contributed by atoms with van der Waals surface area (Å²) in [6, 6.07) is 0. The third-order valence-electron chi connectivity index (χ3n) is 4.19. The smallest absolute Gasteiger partial charge is 0.150 e. The van der Waals surface area contributed by atoms with Gasteiger partial charge in [0, 0.05) is 17.5 Å². The molecule has 2 aliphatic heterocycles. The van der Waals surface area contributed by atoms with Gasteiger partial charge in [0.05, 0.1) is 5.33 Å². The highest BCUT2D eigenvalue weighted by atomic mass is 79.9. The zero-order valence-corrected chi connectivity index (χ0v) is 10.7. The molecule has 3 aliphatic rings. The molecule has 0 amide bonds. The summed E-state index contributed by atoms with van der Waals surface area (Å²) in [5.41, 5.74) is 0.460. The fourth-order valence-electron chi connectivity index (χ4n) is 2.92. The first kappa shape index (κ1) is 10.6. The van der Waals surface area contributed by atoms with Crippen molar-refractivity contribution in [3.05, 3.63) is 0 Å². The Morgan fingerprint density at radius 2 is 2.00 bits per heavy atom. The number of hydrogen-bond acceptors (Lipinski definition) is 2. The highest BCUT2D eigenvalue weighted by Crippen LogP contribution is 2.61. The molecule has 0 atom stereocenters. The van der Waals surface area contributed by atoms with Crippen molar-refractivity contribution in [2.24, 2.45) is 10.8 Å². The van der Waals surface area contributed by atoms with E-state index in [0.717, 1.165) is 19.4 Å². The van der Waals surface area contributed by atoms with Crippen LogP contribution in [0.2, 0.25) is 0 Å². The monoisotopic (exact) mass is 259 g/mol. The van der Waals surface area contributed by atoms with Crippen molar-refractivity contribution in [3.63, 3.8) is 0 Å². The molecule has 3 fully saturated rings. The molecule has 1 N–H and O–H groups in total. The Bertz CT molecular complexity index is 274. The summed E-state index contributed by atoms with van der Waals surface area (Å²) in [7, 11) is 0. The largest absolute Gasteiger partial charge is 0.310 e. The van der Waals surface area contributed by atoms with Gasteiger partial charge in [-0.3, -0.25) is 4.79 Å². The third kappa shape index (κ3) is 1.15. The lowest BCUT2D eigenvalue weighted by Crippen LogP contribution is -2.58. The Morgan fingerprint density at radius 1 is 1.43 bits per heavy atom. The lowest BCUT2D eigenvalue weighted by molar-refractivity contribution is -0.131. The van der Waals surface area contributed by atoms with E-state index >= 15 is 0 Å². The van der Waals surface area contributed by atoms with Crippen LogP contribution in [0.3, 0.4) is 0 Å². The van der Waals surface area contributed by atoms with E-state index in [4.69, 9.17) is 0 Å². The van der Waals surface area contributed by atoms with Crippen molar-refractivity contribution < 1.29 is 4.79 Å². The highest BCUT2D eigenvalue weighted by molar-refractivity contribution is 9.09. The minimum atomic E-state index is -0.0310. The van der Waals surface area contributed by atoms with Crippen LogP contribution in [0, 0.1) is 10.8 Å². The molecule has 14 heavy (non-hydrogen) atoms. The quantitative estimate of drug-likeness (QED) is 0.770. The average Bonchev–Trinajstić information content (AvgIpc) is 2.55. The molecule has 0 unspecified atom stereocenters. The van der Waals surface area contributed by atoms with Gasteiger partial charge >= 0.3 is 0 Å². The van der Waals surface area contributed by atoms with Crippen LogP contribution < -0.4 is 5.32 Å². The van der Waals surface area contributed by atoms with Gasteiger partial charge in [0.2, 0.25) is 0 Å². The Labute approximate surface area is 94.0 Å². The van der Waals surface area contributed by atoms with Crippen LogP contribution >= 0.6 is 15.9 Å². The second-order valence-electron chi connectivity index (χ2n) is 5.88. The second-order valence-corrected chi connectivity index (χ2v) is 6.44. The number of carbonyl (C=O) groups is 1. The van der Waals surface area contributed by atoms with Gasteiger partial charge in [-0.15, -0.1) is 0 Å². The number of Topliss-reactive ketones (excluding diaryl/α,β-unsaturated/α-hetero) is 1. The maximum Gasteiger partial charge on any atom is 0.150 e. The van der Waals surface area contributed by atoms with Crippen molar-refractivity contribution in [1.29, 1.82) is 0 Å². The van der Waals surface area contributed by atoms with E-state index in [2.05, 4.69) is 42.0 Å². The number of hydrogen-bond donors (Lipinski definition) is 1. The Kier molecular flexibility index (Phi) is 2.14. The van der Waals surface area contributed by atoms with E-state index in [-0.39, 0.29) is 16.4 Å². The number of ketones is 1. The third-order valence-corrected chi connectivity index (χ3v) is 4.70. The molecular formula is C11H18BrNO. The number of halogens is 1. The topological polar surface area (TPSA) is 29.1 Å². The molecule has 2 bridgehead atoms. The molecule has 1 aliphatic carbocycles. The highest BCUT2D eigenvalue weighted by Gasteiger charge is 2.67. The van der Waals surface area contributed by atoms with Crippen LogP contribution in [0.15, 0.2) is 0 Å². The molecule has 1 saturated carbocycles. The number of fused-ring (bicyclic) bond motifs is 1. The maximum atomic E-state index is 11.8. The lowest BCUT2D eigenvalue weighted by atomic mass is 9.52. The van der Waals surface area contributed by atoms with E-state index in [1.807, 2.05) is 0 Å². The first-order valence-electron chi connectivity index (χ1n) is 5.20. The van der Waals surface area contributed by atoms with Gasteiger partial charge in [0.25, 0.3) is 0 Å². The minimum Gasteiger partial charge on any atom is -0.310 e. The van der Waals surface area contributed by atoms with Crippen LogP contribution in [-0.4, -0.2) is 23.2 Å². The van der Waals surface area contributed by atoms with E-state index < -0.39 is 0 Å². The molecule has 0 spiro atoms. The van der Waals surface area contributed by atoms with Gasteiger partial charge in [0.1, 0.15) is 0 Å². The Balaban J connectivity index is 2.15. The zero-order valence-electron chi connectivity index (χ0n) is 9.11. The van der Waals surface area contributed by atoms with Crippen LogP contribution in [0.1, 0.15) is 33.6 Å². The molecule has 3 rings (SSSR count). The average molecular weight is 260 g/mol. The summed E-state index contributed by atoms with van der Waals surface area (Å²) in [5, 5.41) is 4.07. The van der Waals surface area contributed by atoms with Gasteiger partial charge < -0.3 is 5.32 Å². The molecule has 3 heteroatoms. The molecule has 0 aromatic carbocycles. The Morgan fingerprint density at radius 3 is 2.36 bits per heavy atom. The number of nitrogens with one attached hydrogen (secondary N) is 1. The standard InChI is InChI=1S/C11H18BrNO/c1-9(2,3)11-5-10(6-11,7-13-11)8(14)4-12/h13H,4-7H2,1-3H3. The predicted molar refractivity (Wildman–Crippen MR) is 60.7 cm³/mol. The van der Waals surface area contributed by atoms with Crippen molar-refractivity contribution in [3.8, 4) is 0 Å². The number of alkyl halides is 1. The summed E-state index contributed by atoms with van der Waals surface area (Å²) < 4.78 is 0. The zero-order chi connectivity index (χ0) is 10.6. The molecule has 0 aromatic rings. The molecule has 80 valence electrons. The maximum absolute atomic E-state index is 11.8. The number of carbonyl (C=O) groups excluding carboxylic acids is 1. The second kappa shape index (κ2) is 2.82. The minimum absolute atomic E-state index is 0.0310. The van der Waals surface area contributed by atoms with Crippen molar-refractivity contribution in [2.75, 3.05) is 11.9 Å². The SMILES string of the molecule is CC(C)(C)C12CC(C(=O)CBr)(CN1)C2. The first-order valence-corrected chi connectivity index (χ1v) is 6.32. The van der Waals surface area contributed by atoms with E-state index in [0.29, 0.717) is 11.1 Å². The normalized spacial score (nSPS) is 40.9. The predicted octanol–water partition coefficient (Wildman–Crippen LogP) is 2.12. The van der Waals surface area contributed by atoms with E-state index in [9.17, 15) is 4.79 Å². The lowest BCUT2D eigenvalue weighted by Gasteiger charge is -2.52. The van der Waals surface area contributed by atoms with Gasteiger partial charge in [-0.2, -0.15) is 0 Å². The van der Waals surface area contributed by atoms with Gasteiger partial charge in [0.15, 0.2) is 5.78 Å². The molecule has 0 aromatic heterocycles. The van der Waals surface area contributed by atoms with Gasteiger partial charge in [-0.1, -0.05) is 36.7 Å². The van der Waals surface area contributed by atoms with Crippen LogP contribution in [-0.2, 0) is 4.79 Å².